The summed E-state index contributed by atoms with van der Waals surface area (Å²) in [6, 6.07) is 5.64. The Hall–Kier alpha value is -1.16. The van der Waals surface area contributed by atoms with Crippen LogP contribution < -0.4 is 11.1 Å². The number of aromatic nitrogens is 1. The second kappa shape index (κ2) is 5.25. The van der Waals surface area contributed by atoms with E-state index in [1.165, 1.54) is 0 Å². The molecule has 0 saturated heterocycles. The minimum absolute atomic E-state index is 0.327. The van der Waals surface area contributed by atoms with Gasteiger partial charge >= 0.3 is 0 Å². The quantitative estimate of drug-likeness (QED) is 0.790. The number of thiocarbonyl (C=S) groups is 1. The second-order valence-corrected chi connectivity index (χ2v) is 5.45. The maximum absolute atomic E-state index is 5.52. The van der Waals surface area contributed by atoms with E-state index in [4.69, 9.17) is 18.0 Å². The second-order valence-electron chi connectivity index (χ2n) is 5.01. The first-order valence-corrected chi connectivity index (χ1v) is 5.80. The van der Waals surface area contributed by atoms with Gasteiger partial charge in [0.25, 0.3) is 0 Å². The summed E-state index contributed by atoms with van der Waals surface area (Å²) in [5.74, 6) is 0.828. The summed E-state index contributed by atoms with van der Waals surface area (Å²) >= 11 is 4.88. The molecule has 1 aromatic heterocycles. The number of rotatable bonds is 4. The molecule has 0 amide bonds. The fraction of sp³-hybridized carbons (Fsp3) is 0.500. The molecule has 3 N–H and O–H groups in total. The zero-order valence-corrected chi connectivity index (χ0v) is 10.9. The van der Waals surface area contributed by atoms with E-state index in [0.717, 1.165) is 18.8 Å². The largest absolute Gasteiger partial charge is 0.388 e. The minimum Gasteiger partial charge on any atom is -0.388 e. The van der Waals surface area contributed by atoms with E-state index in [1.54, 1.807) is 0 Å². The molecule has 0 fully saturated rings. The summed E-state index contributed by atoms with van der Waals surface area (Å²) in [4.78, 5) is 4.65. The van der Waals surface area contributed by atoms with Gasteiger partial charge in [0.1, 0.15) is 10.8 Å². The summed E-state index contributed by atoms with van der Waals surface area (Å²) < 4.78 is 0. The van der Waals surface area contributed by atoms with Gasteiger partial charge in [0.2, 0.25) is 0 Å². The number of anilines is 1. The van der Waals surface area contributed by atoms with Gasteiger partial charge in [-0.2, -0.15) is 0 Å². The van der Waals surface area contributed by atoms with Crippen molar-refractivity contribution in [1.82, 2.24) is 4.98 Å². The first kappa shape index (κ1) is 12.9. The van der Waals surface area contributed by atoms with Crippen LogP contribution in [-0.2, 0) is 0 Å². The molecule has 0 atom stereocenters. The normalized spacial score (nSPS) is 11.2. The third-order valence-corrected chi connectivity index (χ3v) is 2.39. The van der Waals surface area contributed by atoms with E-state index >= 15 is 0 Å². The maximum atomic E-state index is 5.52. The summed E-state index contributed by atoms with van der Waals surface area (Å²) in [6.07, 6.45) is 1.09. The molecule has 0 unspecified atom stereocenters. The van der Waals surface area contributed by atoms with Gasteiger partial charge in [-0.3, -0.25) is 0 Å². The number of nitrogens with zero attached hydrogens (tertiary/aromatic N) is 1. The van der Waals surface area contributed by atoms with Gasteiger partial charge in [-0.25, -0.2) is 4.98 Å². The van der Waals surface area contributed by atoms with Crippen LogP contribution in [-0.4, -0.2) is 16.5 Å². The van der Waals surface area contributed by atoms with Crippen molar-refractivity contribution >= 4 is 23.0 Å². The molecule has 0 aliphatic heterocycles. The lowest BCUT2D eigenvalue weighted by Gasteiger charge is -2.18. The zero-order chi connectivity index (χ0) is 12.2. The molecule has 1 rings (SSSR count). The Morgan fingerprint density at radius 2 is 2.12 bits per heavy atom. The maximum Gasteiger partial charge on any atom is 0.126 e. The third-order valence-electron chi connectivity index (χ3n) is 2.18. The molecule has 0 spiro atoms. The molecule has 0 radical (unpaired) electrons. The molecule has 88 valence electrons. The van der Waals surface area contributed by atoms with Gasteiger partial charge in [-0.1, -0.05) is 39.1 Å². The lowest BCUT2D eigenvalue weighted by atomic mass is 9.92. The fourth-order valence-corrected chi connectivity index (χ4v) is 1.35. The lowest BCUT2D eigenvalue weighted by molar-refractivity contribution is 0.389. The SMILES string of the molecule is CC(C)(C)CCNc1cccc(C(N)=S)n1. The van der Waals surface area contributed by atoms with Crippen molar-refractivity contribution in [3.05, 3.63) is 23.9 Å². The Kier molecular flexibility index (Phi) is 4.24. The van der Waals surface area contributed by atoms with Crippen molar-refractivity contribution in [3.8, 4) is 0 Å². The Balaban J connectivity index is 2.55. The average Bonchev–Trinajstić information content (AvgIpc) is 2.16. The highest BCUT2D eigenvalue weighted by Gasteiger charge is 2.09. The molecule has 3 nitrogen and oxygen atoms in total. The van der Waals surface area contributed by atoms with E-state index in [0.29, 0.717) is 16.1 Å². The molecular formula is C12H19N3S. The summed E-state index contributed by atoms with van der Waals surface area (Å²) in [5, 5.41) is 3.27. The minimum atomic E-state index is 0.327. The van der Waals surface area contributed by atoms with E-state index < -0.39 is 0 Å². The molecule has 0 aromatic carbocycles. The van der Waals surface area contributed by atoms with Crippen LogP contribution in [0.25, 0.3) is 0 Å². The van der Waals surface area contributed by atoms with Crippen LogP contribution >= 0.6 is 12.2 Å². The Labute approximate surface area is 102 Å². The lowest BCUT2D eigenvalue weighted by Crippen LogP contribution is -2.15. The molecule has 1 heterocycles. The van der Waals surface area contributed by atoms with Gasteiger partial charge in [-0.05, 0) is 24.0 Å². The Morgan fingerprint density at radius 1 is 1.44 bits per heavy atom. The molecule has 0 aliphatic carbocycles. The first-order valence-electron chi connectivity index (χ1n) is 5.39. The first-order chi connectivity index (χ1) is 7.38. The van der Waals surface area contributed by atoms with Gasteiger partial charge in [0, 0.05) is 6.54 Å². The van der Waals surface area contributed by atoms with Crippen molar-refractivity contribution < 1.29 is 0 Å². The van der Waals surface area contributed by atoms with E-state index in [9.17, 15) is 0 Å². The number of nitrogens with two attached hydrogens (primary N) is 1. The van der Waals surface area contributed by atoms with Gasteiger partial charge in [-0.15, -0.1) is 0 Å². The van der Waals surface area contributed by atoms with Crippen molar-refractivity contribution in [1.29, 1.82) is 0 Å². The van der Waals surface area contributed by atoms with Gasteiger partial charge in [0.05, 0.1) is 5.69 Å². The molecule has 0 saturated carbocycles. The fourth-order valence-electron chi connectivity index (χ4n) is 1.24. The predicted molar refractivity (Wildman–Crippen MR) is 72.7 cm³/mol. The highest BCUT2D eigenvalue weighted by Crippen LogP contribution is 2.18. The summed E-state index contributed by atoms with van der Waals surface area (Å²) in [5.41, 5.74) is 6.51. The van der Waals surface area contributed by atoms with Crippen LogP contribution in [0.3, 0.4) is 0 Å². The monoisotopic (exact) mass is 237 g/mol. The molecule has 4 heteroatoms. The van der Waals surface area contributed by atoms with E-state index in [-0.39, 0.29) is 0 Å². The average molecular weight is 237 g/mol. The molecule has 0 bridgehead atoms. The van der Waals surface area contributed by atoms with Crippen LogP contribution in [0.1, 0.15) is 32.9 Å². The molecule has 0 aliphatic rings. The molecule has 16 heavy (non-hydrogen) atoms. The number of hydrogen-bond donors (Lipinski definition) is 2. The standard InChI is InChI=1S/C12H19N3S/c1-12(2,3)7-8-14-10-6-4-5-9(15-10)11(13)16/h4-6H,7-8H2,1-3H3,(H2,13,16)(H,14,15). The third kappa shape index (κ3) is 4.57. The van der Waals surface area contributed by atoms with Crippen molar-refractivity contribution in [2.24, 2.45) is 11.1 Å². The van der Waals surface area contributed by atoms with E-state index in [1.807, 2.05) is 18.2 Å². The van der Waals surface area contributed by atoms with Crippen LogP contribution in [0.4, 0.5) is 5.82 Å². The highest BCUT2D eigenvalue weighted by atomic mass is 32.1. The zero-order valence-electron chi connectivity index (χ0n) is 10.1. The van der Waals surface area contributed by atoms with Crippen LogP contribution in [0.5, 0.6) is 0 Å². The number of hydrogen-bond acceptors (Lipinski definition) is 3. The number of nitrogens with one attached hydrogen (secondary N) is 1. The van der Waals surface area contributed by atoms with Gasteiger partial charge in [0.15, 0.2) is 0 Å². The van der Waals surface area contributed by atoms with Crippen LogP contribution in [0.2, 0.25) is 0 Å². The van der Waals surface area contributed by atoms with Crippen molar-refractivity contribution in [2.45, 2.75) is 27.2 Å². The van der Waals surface area contributed by atoms with Crippen LogP contribution in [0, 0.1) is 5.41 Å². The Morgan fingerprint density at radius 3 is 2.69 bits per heavy atom. The van der Waals surface area contributed by atoms with Crippen LogP contribution in [0.15, 0.2) is 18.2 Å². The highest BCUT2D eigenvalue weighted by molar-refractivity contribution is 7.80. The number of pyridine rings is 1. The predicted octanol–water partition coefficient (Wildman–Crippen LogP) is 2.56. The molecule has 1 aromatic rings. The van der Waals surface area contributed by atoms with Gasteiger partial charge < -0.3 is 11.1 Å². The Bertz CT molecular complexity index is 369. The topological polar surface area (TPSA) is 50.9 Å². The summed E-state index contributed by atoms with van der Waals surface area (Å²) in [7, 11) is 0. The van der Waals surface area contributed by atoms with Crippen molar-refractivity contribution in [2.75, 3.05) is 11.9 Å². The molecular weight excluding hydrogens is 218 g/mol. The summed E-state index contributed by atoms with van der Waals surface area (Å²) in [6.45, 7) is 7.55. The van der Waals surface area contributed by atoms with E-state index in [2.05, 4.69) is 31.1 Å². The smallest absolute Gasteiger partial charge is 0.126 e. The van der Waals surface area contributed by atoms with Crippen molar-refractivity contribution in [3.63, 3.8) is 0 Å².